The van der Waals surface area contributed by atoms with Crippen LogP contribution in [0.25, 0.3) is 0 Å². The summed E-state index contributed by atoms with van der Waals surface area (Å²) in [6.45, 7) is 3.59. The molecule has 4 nitrogen and oxygen atoms in total. The highest BCUT2D eigenvalue weighted by Gasteiger charge is 2.39. The van der Waals surface area contributed by atoms with Gasteiger partial charge in [0.05, 0.1) is 11.8 Å². The molecule has 2 fully saturated rings. The Kier molecular flexibility index (Phi) is 2.90. The number of nitrogens with zero attached hydrogens (tertiary/aromatic N) is 1. The van der Waals surface area contributed by atoms with E-state index >= 15 is 0 Å². The van der Waals surface area contributed by atoms with Crippen LogP contribution in [0.15, 0.2) is 16.7 Å². The Balaban J connectivity index is 1.72. The third-order valence-corrected chi connectivity index (χ3v) is 4.47. The van der Waals surface area contributed by atoms with Gasteiger partial charge in [0.1, 0.15) is 5.76 Å². The summed E-state index contributed by atoms with van der Waals surface area (Å²) in [7, 11) is 0. The van der Waals surface area contributed by atoms with E-state index < -0.39 is 0 Å². The summed E-state index contributed by atoms with van der Waals surface area (Å²) in [4.78, 5) is 14.4. The monoisotopic (exact) mass is 248 g/mol. The number of aryl methyl sites for hydroxylation is 1. The first-order chi connectivity index (χ1) is 8.65. The number of likely N-dealkylation sites (tertiary alicyclic amines) is 1. The van der Waals surface area contributed by atoms with E-state index in [0.717, 1.165) is 25.9 Å². The Morgan fingerprint density at radius 2 is 2.17 bits per heavy atom. The lowest BCUT2D eigenvalue weighted by Crippen LogP contribution is -2.32. The summed E-state index contributed by atoms with van der Waals surface area (Å²) in [5.41, 5.74) is 6.72. The normalized spacial score (nSPS) is 31.4. The zero-order valence-corrected chi connectivity index (χ0v) is 10.8. The van der Waals surface area contributed by atoms with Gasteiger partial charge in [-0.2, -0.15) is 0 Å². The second-order valence-electron chi connectivity index (χ2n) is 5.69. The van der Waals surface area contributed by atoms with Crippen LogP contribution in [0.4, 0.5) is 0 Å². The first-order valence-electron chi connectivity index (χ1n) is 6.74. The molecule has 2 aliphatic rings. The first-order valence-corrected chi connectivity index (χ1v) is 6.74. The molecule has 18 heavy (non-hydrogen) atoms. The quantitative estimate of drug-likeness (QED) is 0.824. The molecule has 1 aliphatic heterocycles. The highest BCUT2D eigenvalue weighted by molar-refractivity contribution is 5.95. The molecule has 0 aromatic carbocycles. The lowest BCUT2D eigenvalue weighted by atomic mass is 9.79. The maximum absolute atomic E-state index is 12.4. The number of hydrogen-bond acceptors (Lipinski definition) is 3. The molecular weight excluding hydrogens is 228 g/mol. The third-order valence-electron chi connectivity index (χ3n) is 4.47. The molecule has 3 rings (SSSR count). The topological polar surface area (TPSA) is 59.5 Å². The van der Waals surface area contributed by atoms with Crippen LogP contribution >= 0.6 is 0 Å². The number of carbonyl (C=O) groups is 1. The fraction of sp³-hybridized carbons (Fsp3) is 0.643. The van der Waals surface area contributed by atoms with Crippen molar-refractivity contribution in [2.45, 2.75) is 32.2 Å². The third kappa shape index (κ3) is 1.94. The van der Waals surface area contributed by atoms with Crippen LogP contribution in [0.5, 0.6) is 0 Å². The van der Waals surface area contributed by atoms with Gasteiger partial charge in [0.2, 0.25) is 0 Å². The van der Waals surface area contributed by atoms with Gasteiger partial charge in [-0.25, -0.2) is 0 Å². The molecule has 0 bridgehead atoms. The van der Waals surface area contributed by atoms with E-state index in [2.05, 4.69) is 0 Å². The SMILES string of the molecule is Cc1occc1C(=O)N1C[C@H]2CCC(N)C[C@H]2C1. The minimum atomic E-state index is 0.115. The van der Waals surface area contributed by atoms with Crippen molar-refractivity contribution in [1.82, 2.24) is 4.90 Å². The van der Waals surface area contributed by atoms with Crippen LogP contribution < -0.4 is 5.73 Å². The van der Waals surface area contributed by atoms with E-state index in [9.17, 15) is 4.79 Å². The largest absolute Gasteiger partial charge is 0.469 e. The fourth-order valence-electron chi connectivity index (χ4n) is 3.41. The van der Waals surface area contributed by atoms with Crippen molar-refractivity contribution in [2.75, 3.05) is 13.1 Å². The summed E-state index contributed by atoms with van der Waals surface area (Å²) in [5, 5.41) is 0. The standard InChI is InChI=1S/C14H20N2O2/c1-9-13(4-5-18-9)14(17)16-7-10-2-3-12(15)6-11(10)8-16/h4-5,10-12H,2-3,6-8,15H2,1H3/t10-,11+,12?/m1/s1. The molecule has 1 unspecified atom stereocenters. The number of fused-ring (bicyclic) bond motifs is 1. The van der Waals surface area contributed by atoms with Crippen molar-refractivity contribution < 1.29 is 9.21 Å². The molecule has 98 valence electrons. The summed E-state index contributed by atoms with van der Waals surface area (Å²) >= 11 is 0. The minimum Gasteiger partial charge on any atom is -0.469 e. The van der Waals surface area contributed by atoms with Crippen molar-refractivity contribution in [2.24, 2.45) is 17.6 Å². The molecule has 4 heteroatoms. The highest BCUT2D eigenvalue weighted by atomic mass is 16.3. The molecule has 3 atom stereocenters. The van der Waals surface area contributed by atoms with E-state index in [1.54, 1.807) is 12.3 Å². The second kappa shape index (κ2) is 4.43. The summed E-state index contributed by atoms with van der Waals surface area (Å²) in [5.74, 6) is 2.08. The molecule has 2 heterocycles. The average Bonchev–Trinajstić information content (AvgIpc) is 2.93. The second-order valence-corrected chi connectivity index (χ2v) is 5.69. The van der Waals surface area contributed by atoms with E-state index in [0.29, 0.717) is 29.2 Å². The molecule has 0 spiro atoms. The zero-order valence-electron chi connectivity index (χ0n) is 10.8. The van der Waals surface area contributed by atoms with Crippen molar-refractivity contribution in [1.29, 1.82) is 0 Å². The molecular formula is C14H20N2O2. The molecule has 1 amide bonds. The molecule has 2 N–H and O–H groups in total. The molecule has 1 aliphatic carbocycles. The highest BCUT2D eigenvalue weighted by Crippen LogP contribution is 2.36. The van der Waals surface area contributed by atoms with Crippen molar-refractivity contribution in [3.8, 4) is 0 Å². The van der Waals surface area contributed by atoms with E-state index in [1.807, 2.05) is 11.8 Å². The number of carbonyl (C=O) groups excluding carboxylic acids is 1. The van der Waals surface area contributed by atoms with Crippen molar-refractivity contribution >= 4 is 5.91 Å². The van der Waals surface area contributed by atoms with Gasteiger partial charge in [-0.15, -0.1) is 0 Å². The predicted octanol–water partition coefficient (Wildman–Crippen LogP) is 1.79. The average molecular weight is 248 g/mol. The minimum absolute atomic E-state index is 0.115. The lowest BCUT2D eigenvalue weighted by Gasteiger charge is -2.27. The fourth-order valence-corrected chi connectivity index (χ4v) is 3.41. The van der Waals surface area contributed by atoms with Crippen molar-refractivity contribution in [3.63, 3.8) is 0 Å². The Hall–Kier alpha value is -1.29. The van der Waals surface area contributed by atoms with Crippen LogP contribution in [0.3, 0.4) is 0 Å². The number of amides is 1. The van der Waals surface area contributed by atoms with Gasteiger partial charge in [-0.05, 0) is 44.1 Å². The van der Waals surface area contributed by atoms with Gasteiger partial charge in [-0.1, -0.05) is 0 Å². The Morgan fingerprint density at radius 3 is 2.89 bits per heavy atom. The van der Waals surface area contributed by atoms with Crippen LogP contribution in [0.2, 0.25) is 0 Å². The van der Waals surface area contributed by atoms with Gasteiger partial charge < -0.3 is 15.1 Å². The zero-order chi connectivity index (χ0) is 12.7. The van der Waals surface area contributed by atoms with Crippen LogP contribution in [0, 0.1) is 18.8 Å². The van der Waals surface area contributed by atoms with Crippen molar-refractivity contribution in [3.05, 3.63) is 23.7 Å². The molecule has 0 radical (unpaired) electrons. The van der Waals surface area contributed by atoms with E-state index in [-0.39, 0.29) is 5.91 Å². The maximum atomic E-state index is 12.4. The Morgan fingerprint density at radius 1 is 1.39 bits per heavy atom. The number of nitrogens with two attached hydrogens (primary N) is 1. The van der Waals surface area contributed by atoms with Gasteiger partial charge in [-0.3, -0.25) is 4.79 Å². The van der Waals surface area contributed by atoms with Crippen LogP contribution in [0.1, 0.15) is 35.4 Å². The number of furan rings is 1. The number of rotatable bonds is 1. The first kappa shape index (κ1) is 11.8. The molecule has 1 saturated carbocycles. The smallest absolute Gasteiger partial charge is 0.257 e. The van der Waals surface area contributed by atoms with E-state index in [1.165, 1.54) is 6.42 Å². The Bertz CT molecular complexity index is 454. The van der Waals surface area contributed by atoms with Gasteiger partial charge in [0.25, 0.3) is 5.91 Å². The van der Waals surface area contributed by atoms with E-state index in [4.69, 9.17) is 10.2 Å². The maximum Gasteiger partial charge on any atom is 0.257 e. The summed E-state index contributed by atoms with van der Waals surface area (Å²) in [6, 6.07) is 2.10. The lowest BCUT2D eigenvalue weighted by molar-refractivity contribution is 0.0782. The predicted molar refractivity (Wildman–Crippen MR) is 68.2 cm³/mol. The summed E-state index contributed by atoms with van der Waals surface area (Å²) < 4.78 is 5.21. The van der Waals surface area contributed by atoms with Gasteiger partial charge in [0, 0.05) is 19.1 Å². The Labute approximate surface area is 107 Å². The van der Waals surface area contributed by atoms with Gasteiger partial charge >= 0.3 is 0 Å². The summed E-state index contributed by atoms with van der Waals surface area (Å²) in [6.07, 6.45) is 4.92. The van der Waals surface area contributed by atoms with Crippen LogP contribution in [-0.4, -0.2) is 29.9 Å². The number of hydrogen-bond donors (Lipinski definition) is 1. The van der Waals surface area contributed by atoms with Gasteiger partial charge in [0.15, 0.2) is 0 Å². The van der Waals surface area contributed by atoms with Crippen LogP contribution in [-0.2, 0) is 0 Å². The molecule has 1 aromatic heterocycles. The molecule has 1 aromatic rings. The molecule has 1 saturated heterocycles.